The van der Waals surface area contributed by atoms with Gasteiger partial charge in [0.1, 0.15) is 0 Å². The first kappa shape index (κ1) is 10.5. The lowest BCUT2D eigenvalue weighted by molar-refractivity contribution is 0.101. The minimum atomic E-state index is -0.442. The smallest absolute Gasteiger partial charge is 0.0910 e. The van der Waals surface area contributed by atoms with E-state index in [2.05, 4.69) is 0 Å². The van der Waals surface area contributed by atoms with Gasteiger partial charge in [-0.25, -0.2) is 0 Å². The van der Waals surface area contributed by atoms with E-state index in [0.717, 1.165) is 5.76 Å². The standard InChI is InChI=1S/C9H18O2/c1-7(11-5)6-8(10)9(2,3)4/h6,8,10H,1-5H3/b7-6+. The highest BCUT2D eigenvalue weighted by atomic mass is 16.5. The SMILES string of the molecule is CO/C(C)=C/C(O)C(C)(C)C. The van der Waals surface area contributed by atoms with Crippen LogP contribution in [0.25, 0.3) is 0 Å². The molecule has 0 bridgehead atoms. The van der Waals surface area contributed by atoms with Gasteiger partial charge in [-0.3, -0.25) is 0 Å². The average molecular weight is 158 g/mol. The van der Waals surface area contributed by atoms with Gasteiger partial charge in [0.25, 0.3) is 0 Å². The van der Waals surface area contributed by atoms with Gasteiger partial charge in [-0.1, -0.05) is 20.8 Å². The lowest BCUT2D eigenvalue weighted by Gasteiger charge is -2.23. The van der Waals surface area contributed by atoms with Crippen LogP contribution in [0.5, 0.6) is 0 Å². The summed E-state index contributed by atoms with van der Waals surface area (Å²) in [6.07, 6.45) is 1.28. The number of aliphatic hydroxyl groups is 1. The molecule has 0 saturated carbocycles. The van der Waals surface area contributed by atoms with Crippen LogP contribution in [-0.4, -0.2) is 18.3 Å². The van der Waals surface area contributed by atoms with Crippen LogP contribution in [0.2, 0.25) is 0 Å². The lowest BCUT2D eigenvalue weighted by Crippen LogP contribution is -2.24. The number of methoxy groups -OCH3 is 1. The van der Waals surface area contributed by atoms with Crippen molar-refractivity contribution < 1.29 is 9.84 Å². The molecule has 0 aliphatic heterocycles. The summed E-state index contributed by atoms with van der Waals surface area (Å²) >= 11 is 0. The maximum atomic E-state index is 9.53. The average Bonchev–Trinajstić information content (AvgIpc) is 1.85. The van der Waals surface area contributed by atoms with Crippen molar-refractivity contribution in [1.82, 2.24) is 0 Å². The van der Waals surface area contributed by atoms with Crippen molar-refractivity contribution in [2.24, 2.45) is 5.41 Å². The van der Waals surface area contributed by atoms with Gasteiger partial charge in [0, 0.05) is 0 Å². The van der Waals surface area contributed by atoms with E-state index in [1.54, 1.807) is 13.2 Å². The van der Waals surface area contributed by atoms with E-state index in [1.165, 1.54) is 0 Å². The number of aliphatic hydroxyl groups excluding tert-OH is 1. The Labute approximate surface area is 68.9 Å². The van der Waals surface area contributed by atoms with Crippen LogP contribution in [0, 0.1) is 5.41 Å². The van der Waals surface area contributed by atoms with Crippen LogP contribution >= 0.6 is 0 Å². The van der Waals surface area contributed by atoms with Crippen molar-refractivity contribution in [1.29, 1.82) is 0 Å². The molecule has 0 fully saturated rings. The maximum Gasteiger partial charge on any atom is 0.0910 e. The van der Waals surface area contributed by atoms with Crippen LogP contribution in [0.4, 0.5) is 0 Å². The fraction of sp³-hybridized carbons (Fsp3) is 0.778. The third-order valence-electron chi connectivity index (χ3n) is 1.60. The fourth-order valence-corrected chi connectivity index (χ4v) is 0.540. The van der Waals surface area contributed by atoms with Crippen molar-refractivity contribution in [2.45, 2.75) is 33.8 Å². The van der Waals surface area contributed by atoms with Gasteiger partial charge >= 0.3 is 0 Å². The Bertz CT molecular complexity index is 142. The van der Waals surface area contributed by atoms with E-state index >= 15 is 0 Å². The molecule has 2 heteroatoms. The Morgan fingerprint density at radius 2 is 1.91 bits per heavy atom. The Kier molecular flexibility index (Phi) is 3.59. The minimum absolute atomic E-state index is 0.111. The van der Waals surface area contributed by atoms with Crippen LogP contribution in [0.15, 0.2) is 11.8 Å². The Balaban J connectivity index is 4.17. The quantitative estimate of drug-likeness (QED) is 0.622. The molecule has 1 unspecified atom stereocenters. The van der Waals surface area contributed by atoms with Crippen molar-refractivity contribution in [3.63, 3.8) is 0 Å². The third-order valence-corrected chi connectivity index (χ3v) is 1.60. The second-order valence-electron chi connectivity index (χ2n) is 3.79. The summed E-state index contributed by atoms with van der Waals surface area (Å²) < 4.78 is 4.92. The van der Waals surface area contributed by atoms with Gasteiger partial charge < -0.3 is 9.84 Å². The van der Waals surface area contributed by atoms with Crippen LogP contribution in [-0.2, 0) is 4.74 Å². The monoisotopic (exact) mass is 158 g/mol. The fourth-order valence-electron chi connectivity index (χ4n) is 0.540. The van der Waals surface area contributed by atoms with Crippen LogP contribution < -0.4 is 0 Å². The molecule has 0 amide bonds. The normalized spacial score (nSPS) is 16.4. The molecule has 0 spiro atoms. The highest BCUT2D eigenvalue weighted by Gasteiger charge is 2.19. The molecule has 0 aromatic carbocycles. The number of hydrogen-bond acceptors (Lipinski definition) is 2. The van der Waals surface area contributed by atoms with Crippen molar-refractivity contribution in [3.8, 4) is 0 Å². The zero-order valence-corrected chi connectivity index (χ0v) is 8.01. The summed E-state index contributed by atoms with van der Waals surface area (Å²) in [5, 5.41) is 9.53. The molecule has 0 saturated heterocycles. The summed E-state index contributed by atoms with van der Waals surface area (Å²) in [6.45, 7) is 7.78. The maximum absolute atomic E-state index is 9.53. The van der Waals surface area contributed by atoms with Crippen molar-refractivity contribution >= 4 is 0 Å². The zero-order chi connectivity index (χ0) is 9.07. The summed E-state index contributed by atoms with van der Waals surface area (Å²) in [7, 11) is 1.60. The van der Waals surface area contributed by atoms with Gasteiger partial charge in [-0.05, 0) is 18.4 Å². The first-order valence-corrected chi connectivity index (χ1v) is 3.78. The molecule has 0 heterocycles. The molecule has 0 radical (unpaired) electrons. The van der Waals surface area contributed by atoms with E-state index in [9.17, 15) is 5.11 Å². The number of allylic oxidation sites excluding steroid dienone is 1. The zero-order valence-electron chi connectivity index (χ0n) is 8.01. The largest absolute Gasteiger partial charge is 0.502 e. The molecule has 1 atom stereocenters. The molecule has 1 N–H and O–H groups in total. The topological polar surface area (TPSA) is 29.5 Å². The second-order valence-corrected chi connectivity index (χ2v) is 3.79. The summed E-state index contributed by atoms with van der Waals surface area (Å²) in [5.41, 5.74) is -0.111. The van der Waals surface area contributed by atoms with E-state index in [0.29, 0.717) is 0 Å². The highest BCUT2D eigenvalue weighted by Crippen LogP contribution is 2.20. The van der Waals surface area contributed by atoms with E-state index in [1.807, 2.05) is 27.7 Å². The number of hydrogen-bond donors (Lipinski definition) is 1. The molecule has 11 heavy (non-hydrogen) atoms. The molecule has 0 aliphatic carbocycles. The molecule has 0 rings (SSSR count). The molecular formula is C9H18O2. The van der Waals surface area contributed by atoms with Crippen molar-refractivity contribution in [2.75, 3.05) is 7.11 Å². The first-order valence-electron chi connectivity index (χ1n) is 3.78. The van der Waals surface area contributed by atoms with Gasteiger partial charge in [-0.15, -0.1) is 0 Å². The molecule has 0 aromatic heterocycles. The predicted octanol–water partition coefficient (Wildman–Crippen LogP) is 1.94. The Hall–Kier alpha value is -0.500. The van der Waals surface area contributed by atoms with E-state index in [-0.39, 0.29) is 5.41 Å². The van der Waals surface area contributed by atoms with Gasteiger partial charge in [-0.2, -0.15) is 0 Å². The Morgan fingerprint density at radius 3 is 2.18 bits per heavy atom. The van der Waals surface area contributed by atoms with Crippen LogP contribution in [0.1, 0.15) is 27.7 Å². The molecule has 0 aromatic rings. The molecule has 0 aliphatic rings. The molecular weight excluding hydrogens is 140 g/mol. The van der Waals surface area contributed by atoms with E-state index < -0.39 is 6.10 Å². The minimum Gasteiger partial charge on any atom is -0.502 e. The molecule has 2 nitrogen and oxygen atoms in total. The second kappa shape index (κ2) is 3.77. The van der Waals surface area contributed by atoms with Crippen LogP contribution in [0.3, 0.4) is 0 Å². The van der Waals surface area contributed by atoms with Gasteiger partial charge in [0.2, 0.25) is 0 Å². The van der Waals surface area contributed by atoms with Gasteiger partial charge in [0.15, 0.2) is 0 Å². The number of rotatable bonds is 2. The first-order chi connectivity index (χ1) is 4.88. The summed E-state index contributed by atoms with van der Waals surface area (Å²) in [4.78, 5) is 0. The number of ether oxygens (including phenoxy) is 1. The summed E-state index contributed by atoms with van der Waals surface area (Å²) in [5.74, 6) is 0.757. The summed E-state index contributed by atoms with van der Waals surface area (Å²) in [6, 6.07) is 0. The molecule has 66 valence electrons. The Morgan fingerprint density at radius 1 is 1.45 bits per heavy atom. The predicted molar refractivity (Wildman–Crippen MR) is 46.2 cm³/mol. The highest BCUT2D eigenvalue weighted by molar-refractivity contribution is 4.98. The van der Waals surface area contributed by atoms with E-state index in [4.69, 9.17) is 4.74 Å². The lowest BCUT2D eigenvalue weighted by atomic mass is 9.89. The third kappa shape index (κ3) is 4.04. The van der Waals surface area contributed by atoms with Crippen molar-refractivity contribution in [3.05, 3.63) is 11.8 Å². The van der Waals surface area contributed by atoms with Gasteiger partial charge in [0.05, 0.1) is 19.0 Å².